The van der Waals surface area contributed by atoms with Crippen LogP contribution in [0, 0.1) is 0 Å². The van der Waals surface area contributed by atoms with Gasteiger partial charge >= 0.3 is 0 Å². The van der Waals surface area contributed by atoms with E-state index in [4.69, 9.17) is 29.3 Å². The van der Waals surface area contributed by atoms with Crippen LogP contribution in [-0.2, 0) is 0 Å². The van der Waals surface area contributed by atoms with Crippen LogP contribution in [0.25, 0.3) is 104 Å². The number of benzene rings is 6. The molecular formula is C50H33N5OS. The van der Waals surface area contributed by atoms with Crippen molar-refractivity contribution in [1.29, 1.82) is 0 Å². The van der Waals surface area contributed by atoms with Crippen LogP contribution in [0.3, 0.4) is 0 Å². The molecule has 0 unspecified atom stereocenters. The topological polar surface area (TPSA) is 77.6 Å². The lowest BCUT2D eigenvalue weighted by molar-refractivity contribution is 0.667. The first-order chi connectivity index (χ1) is 28.1. The molecule has 4 aromatic heterocycles. The standard InChI is InChI=1S/C50H33N5OS/c1-3-5-15-31(4-2)47-53-48(34-18-10-7-11-19-34)55-49(54-47)35-26-24-32(25-27-35)37-21-14-22-39-38-29-28-36(30-42(38)57-46(37)39)50-51-43(33-16-8-6-9-17-33)45-44(52-50)40-20-12-13-23-41(40)56-45/h3-30H,1H2,2H3/b15-5-,31-4+. The molecule has 0 saturated heterocycles. The number of nitrogens with zero attached hydrogens (tertiary/aromatic N) is 5. The highest BCUT2D eigenvalue weighted by molar-refractivity contribution is 7.26. The molecule has 0 radical (unpaired) electrons. The van der Waals surface area contributed by atoms with Crippen molar-refractivity contribution >= 4 is 59.2 Å². The van der Waals surface area contributed by atoms with Gasteiger partial charge in [-0.1, -0.05) is 158 Å². The lowest BCUT2D eigenvalue weighted by Crippen LogP contribution is -2.02. The molecular weight excluding hydrogens is 719 g/mol. The van der Waals surface area contributed by atoms with Crippen molar-refractivity contribution in [2.75, 3.05) is 0 Å². The predicted molar refractivity (Wildman–Crippen MR) is 236 cm³/mol. The Morgan fingerprint density at radius 1 is 0.579 bits per heavy atom. The number of para-hydroxylation sites is 1. The molecule has 4 heterocycles. The van der Waals surface area contributed by atoms with Gasteiger partial charge in [-0.15, -0.1) is 11.3 Å². The maximum atomic E-state index is 6.34. The second kappa shape index (κ2) is 14.4. The third-order valence-corrected chi connectivity index (χ3v) is 11.3. The van der Waals surface area contributed by atoms with Gasteiger partial charge in [-0.05, 0) is 36.2 Å². The third-order valence-electron chi connectivity index (χ3n) is 10.1. The van der Waals surface area contributed by atoms with Gasteiger partial charge in [-0.3, -0.25) is 0 Å². The number of hydrogen-bond donors (Lipinski definition) is 0. The van der Waals surface area contributed by atoms with Crippen molar-refractivity contribution in [3.05, 3.63) is 182 Å². The minimum absolute atomic E-state index is 0.609. The number of thiophene rings is 1. The highest BCUT2D eigenvalue weighted by Gasteiger charge is 2.19. The Balaban J connectivity index is 1.05. The molecule has 7 heteroatoms. The third kappa shape index (κ3) is 6.20. The summed E-state index contributed by atoms with van der Waals surface area (Å²) in [6.07, 6.45) is 7.61. The van der Waals surface area contributed by atoms with E-state index in [2.05, 4.69) is 85.4 Å². The normalized spacial score (nSPS) is 12.1. The summed E-state index contributed by atoms with van der Waals surface area (Å²) in [7, 11) is 0. The SMILES string of the molecule is C=C/C=C\C(=C/C)c1nc(-c2ccccc2)nc(-c2ccc(-c3cccc4c3sc3cc(-c5nc(-c6ccccc6)c6oc7ccccc7c6n5)ccc34)cc2)n1. The summed E-state index contributed by atoms with van der Waals surface area (Å²) in [5, 5.41) is 3.39. The smallest absolute Gasteiger partial charge is 0.180 e. The number of furan rings is 1. The summed E-state index contributed by atoms with van der Waals surface area (Å²) in [5.74, 6) is 2.51. The van der Waals surface area contributed by atoms with E-state index in [0.717, 1.165) is 55.6 Å². The second-order valence-electron chi connectivity index (χ2n) is 13.6. The van der Waals surface area contributed by atoms with E-state index in [-0.39, 0.29) is 0 Å². The van der Waals surface area contributed by atoms with Crippen molar-refractivity contribution in [2.24, 2.45) is 0 Å². The molecule has 0 N–H and O–H groups in total. The first-order valence-electron chi connectivity index (χ1n) is 18.7. The van der Waals surface area contributed by atoms with Gasteiger partial charge in [0.05, 0.1) is 0 Å². The van der Waals surface area contributed by atoms with Crippen LogP contribution in [0.1, 0.15) is 12.7 Å². The van der Waals surface area contributed by atoms with Crippen molar-refractivity contribution in [2.45, 2.75) is 6.92 Å². The first-order valence-corrected chi connectivity index (χ1v) is 19.6. The minimum Gasteiger partial charge on any atom is -0.452 e. The molecule has 57 heavy (non-hydrogen) atoms. The number of hydrogen-bond acceptors (Lipinski definition) is 7. The average molecular weight is 752 g/mol. The van der Waals surface area contributed by atoms with Gasteiger partial charge in [0, 0.05) is 53.4 Å². The number of rotatable bonds is 8. The van der Waals surface area contributed by atoms with Crippen molar-refractivity contribution in [3.8, 4) is 56.5 Å². The number of fused-ring (bicyclic) bond motifs is 6. The average Bonchev–Trinajstić information content (AvgIpc) is 3.85. The zero-order valence-corrected chi connectivity index (χ0v) is 31.7. The summed E-state index contributed by atoms with van der Waals surface area (Å²) in [6.45, 7) is 5.81. The Hall–Kier alpha value is -7.35. The van der Waals surface area contributed by atoms with E-state index in [1.807, 2.05) is 91.9 Å². The largest absolute Gasteiger partial charge is 0.452 e. The van der Waals surface area contributed by atoms with E-state index < -0.39 is 0 Å². The number of aromatic nitrogens is 5. The van der Waals surface area contributed by atoms with Gasteiger partial charge in [0.1, 0.15) is 16.8 Å². The van der Waals surface area contributed by atoms with Crippen molar-refractivity contribution in [3.63, 3.8) is 0 Å². The van der Waals surface area contributed by atoms with Gasteiger partial charge in [-0.2, -0.15) is 0 Å². The van der Waals surface area contributed by atoms with Crippen LogP contribution in [0.15, 0.2) is 181 Å². The highest BCUT2D eigenvalue weighted by Crippen LogP contribution is 2.42. The van der Waals surface area contributed by atoms with Crippen LogP contribution >= 0.6 is 11.3 Å². The summed E-state index contributed by atoms with van der Waals surface area (Å²) >= 11 is 1.79. The Morgan fingerprint density at radius 3 is 1.98 bits per heavy atom. The van der Waals surface area contributed by atoms with Gasteiger partial charge in [-0.25, -0.2) is 24.9 Å². The fourth-order valence-electron chi connectivity index (χ4n) is 7.30. The zero-order valence-electron chi connectivity index (χ0n) is 30.9. The molecule has 6 nitrogen and oxygen atoms in total. The lowest BCUT2D eigenvalue weighted by Gasteiger charge is -2.09. The van der Waals surface area contributed by atoms with Gasteiger partial charge in [0.2, 0.25) is 0 Å². The van der Waals surface area contributed by atoms with Crippen molar-refractivity contribution < 1.29 is 4.42 Å². The maximum absolute atomic E-state index is 6.34. The molecule has 0 spiro atoms. The van der Waals surface area contributed by atoms with Gasteiger partial charge < -0.3 is 4.42 Å². The number of allylic oxidation sites excluding steroid dienone is 5. The second-order valence-corrected chi connectivity index (χ2v) is 14.7. The van der Waals surface area contributed by atoms with Crippen LogP contribution in [0.2, 0.25) is 0 Å². The zero-order chi connectivity index (χ0) is 38.3. The fourth-order valence-corrected chi connectivity index (χ4v) is 8.57. The predicted octanol–water partition coefficient (Wildman–Crippen LogP) is 13.4. The minimum atomic E-state index is 0.609. The summed E-state index contributed by atoms with van der Waals surface area (Å²) in [4.78, 5) is 24.9. The quantitative estimate of drug-likeness (QED) is 0.144. The van der Waals surface area contributed by atoms with E-state index in [0.29, 0.717) is 28.9 Å². The Bertz CT molecular complexity index is 3200. The Morgan fingerprint density at radius 2 is 1.23 bits per heavy atom. The Labute approximate surface area is 332 Å². The molecule has 6 aromatic carbocycles. The van der Waals surface area contributed by atoms with Crippen LogP contribution < -0.4 is 0 Å². The van der Waals surface area contributed by atoms with E-state index in [1.165, 1.54) is 25.7 Å². The molecule has 0 aliphatic carbocycles. The molecule has 0 atom stereocenters. The molecule has 0 bridgehead atoms. The molecule has 270 valence electrons. The van der Waals surface area contributed by atoms with Gasteiger partial charge in [0.15, 0.2) is 28.9 Å². The van der Waals surface area contributed by atoms with Crippen LogP contribution in [0.4, 0.5) is 0 Å². The highest BCUT2D eigenvalue weighted by atomic mass is 32.1. The van der Waals surface area contributed by atoms with E-state index >= 15 is 0 Å². The monoisotopic (exact) mass is 751 g/mol. The molecule has 0 fully saturated rings. The lowest BCUT2D eigenvalue weighted by atomic mass is 10.0. The fraction of sp³-hybridized carbons (Fsp3) is 0.0200. The summed E-state index contributed by atoms with van der Waals surface area (Å²) in [6, 6.07) is 49.8. The molecule has 0 amide bonds. The Kier molecular flexibility index (Phi) is 8.62. The molecule has 0 aliphatic heterocycles. The maximum Gasteiger partial charge on any atom is 0.180 e. The molecule has 0 aliphatic rings. The molecule has 10 rings (SSSR count). The molecule has 10 aromatic rings. The summed E-state index contributed by atoms with van der Waals surface area (Å²) in [5.41, 5.74) is 10.0. The first kappa shape index (κ1) is 34.2. The van der Waals surface area contributed by atoms with Crippen LogP contribution in [-0.4, -0.2) is 24.9 Å². The molecule has 0 saturated carbocycles. The van der Waals surface area contributed by atoms with Crippen LogP contribution in [0.5, 0.6) is 0 Å². The van der Waals surface area contributed by atoms with E-state index in [9.17, 15) is 0 Å². The van der Waals surface area contributed by atoms with Crippen molar-refractivity contribution in [1.82, 2.24) is 24.9 Å². The van der Waals surface area contributed by atoms with E-state index in [1.54, 1.807) is 17.4 Å². The summed E-state index contributed by atoms with van der Waals surface area (Å²) < 4.78 is 8.74. The van der Waals surface area contributed by atoms with Gasteiger partial charge in [0.25, 0.3) is 0 Å².